The zero-order valence-corrected chi connectivity index (χ0v) is 18.7. The fraction of sp³-hybridized carbons (Fsp3) is 0.115. The van der Waals surface area contributed by atoms with Crippen molar-refractivity contribution in [1.29, 1.82) is 0 Å². The van der Waals surface area contributed by atoms with E-state index in [9.17, 15) is 9.59 Å². The fourth-order valence-corrected chi connectivity index (χ4v) is 3.64. The minimum Gasteiger partial charge on any atom is -0.497 e. The second-order valence-corrected chi connectivity index (χ2v) is 7.68. The zero-order valence-electron chi connectivity index (χ0n) is 18.7. The van der Waals surface area contributed by atoms with Crippen molar-refractivity contribution in [3.8, 4) is 17.2 Å². The second kappa shape index (κ2) is 9.60. The molecule has 174 valence electrons. The minimum atomic E-state index is -0.542. The van der Waals surface area contributed by atoms with E-state index in [1.165, 1.54) is 0 Å². The number of nitrogens with zero attached hydrogens (tertiary/aromatic N) is 3. The molecule has 0 atom stereocenters. The highest BCUT2D eigenvalue weighted by atomic mass is 16.5. The van der Waals surface area contributed by atoms with E-state index in [1.807, 2.05) is 12.1 Å². The Bertz CT molecular complexity index is 1560. The number of hydrogen-bond donors (Lipinski definition) is 1. The molecular weight excluding hydrogens is 448 g/mol. The second-order valence-electron chi connectivity index (χ2n) is 7.68. The number of carbonyl (C=O) groups excluding carboxylic acids is 1. The lowest BCUT2D eigenvalue weighted by molar-refractivity contribution is 0.0458. The zero-order chi connectivity index (χ0) is 24.2. The summed E-state index contributed by atoms with van der Waals surface area (Å²) < 4.78 is 15.9. The molecule has 5 rings (SSSR count). The number of benzene rings is 3. The van der Waals surface area contributed by atoms with E-state index in [0.29, 0.717) is 39.5 Å². The predicted molar refractivity (Wildman–Crippen MR) is 127 cm³/mol. The summed E-state index contributed by atoms with van der Waals surface area (Å²) in [5.74, 6) is 1.17. The van der Waals surface area contributed by atoms with Crippen molar-refractivity contribution < 1.29 is 18.8 Å². The first-order valence-corrected chi connectivity index (χ1v) is 10.8. The van der Waals surface area contributed by atoms with E-state index in [1.54, 1.807) is 67.8 Å². The van der Waals surface area contributed by atoms with Crippen LogP contribution in [0.25, 0.3) is 22.4 Å². The number of aromatic nitrogens is 4. The summed E-state index contributed by atoms with van der Waals surface area (Å²) in [6, 6.07) is 21.3. The number of rotatable bonds is 7. The minimum absolute atomic E-state index is 0.155. The summed E-state index contributed by atoms with van der Waals surface area (Å²) in [6.45, 7) is -0.155. The van der Waals surface area contributed by atoms with Crippen molar-refractivity contribution >= 4 is 16.9 Å². The Morgan fingerprint density at radius 1 is 0.971 bits per heavy atom. The van der Waals surface area contributed by atoms with Crippen molar-refractivity contribution in [3.63, 3.8) is 0 Å². The van der Waals surface area contributed by atoms with E-state index in [-0.39, 0.29) is 24.4 Å². The number of nitrogens with one attached hydrogen (secondary N) is 1. The molecule has 9 nitrogen and oxygen atoms in total. The normalized spacial score (nSPS) is 10.9. The maximum Gasteiger partial charge on any atom is 0.338 e. The van der Waals surface area contributed by atoms with Gasteiger partial charge in [0.15, 0.2) is 6.61 Å². The Labute approximate surface area is 199 Å². The lowest BCUT2D eigenvalue weighted by atomic mass is 10.0. The summed E-state index contributed by atoms with van der Waals surface area (Å²) in [7, 11) is 1.59. The molecule has 0 amide bonds. The van der Waals surface area contributed by atoms with E-state index < -0.39 is 5.97 Å². The lowest BCUT2D eigenvalue weighted by Gasteiger charge is -2.09. The van der Waals surface area contributed by atoms with Gasteiger partial charge in [-0.15, -0.1) is 0 Å². The summed E-state index contributed by atoms with van der Waals surface area (Å²) in [5.41, 5.74) is 2.12. The van der Waals surface area contributed by atoms with Gasteiger partial charge in [0.05, 0.1) is 23.6 Å². The molecule has 5 aromatic rings. The topological polar surface area (TPSA) is 120 Å². The Morgan fingerprint density at radius 2 is 1.74 bits per heavy atom. The predicted octanol–water partition coefficient (Wildman–Crippen LogP) is 3.93. The van der Waals surface area contributed by atoms with Crippen molar-refractivity contribution in [2.45, 2.75) is 13.0 Å². The molecule has 2 aromatic heterocycles. The van der Waals surface area contributed by atoms with E-state index in [0.717, 1.165) is 5.56 Å². The fourth-order valence-electron chi connectivity index (χ4n) is 3.64. The summed E-state index contributed by atoms with van der Waals surface area (Å²) in [4.78, 5) is 36.8. The van der Waals surface area contributed by atoms with Gasteiger partial charge >= 0.3 is 5.97 Å². The molecule has 0 unspecified atom stereocenters. The Hall–Kier alpha value is -4.79. The molecule has 0 aliphatic rings. The summed E-state index contributed by atoms with van der Waals surface area (Å²) in [5, 5.41) is 4.40. The van der Waals surface area contributed by atoms with Crippen LogP contribution in [0.15, 0.2) is 82.1 Å². The molecule has 0 saturated carbocycles. The molecule has 0 aliphatic carbocycles. The highest BCUT2D eigenvalue weighted by Gasteiger charge is 2.16. The van der Waals surface area contributed by atoms with Crippen molar-refractivity contribution in [2.24, 2.45) is 0 Å². The van der Waals surface area contributed by atoms with Crippen molar-refractivity contribution in [1.82, 2.24) is 20.1 Å². The van der Waals surface area contributed by atoms with E-state index in [4.69, 9.17) is 14.0 Å². The van der Waals surface area contributed by atoms with Crippen LogP contribution in [-0.2, 0) is 17.8 Å². The smallest absolute Gasteiger partial charge is 0.338 e. The van der Waals surface area contributed by atoms with Crippen LogP contribution in [0.3, 0.4) is 0 Å². The lowest BCUT2D eigenvalue weighted by Crippen LogP contribution is -2.14. The highest BCUT2D eigenvalue weighted by Crippen LogP contribution is 2.21. The van der Waals surface area contributed by atoms with Gasteiger partial charge in [-0.3, -0.25) is 4.79 Å². The van der Waals surface area contributed by atoms with Crippen LogP contribution < -0.4 is 10.3 Å². The number of aromatic amines is 1. The van der Waals surface area contributed by atoms with Gasteiger partial charge in [-0.25, -0.2) is 9.78 Å². The third-order valence-electron chi connectivity index (χ3n) is 5.39. The molecule has 0 fully saturated rings. The number of methoxy groups -OCH3 is 1. The molecule has 1 N–H and O–H groups in total. The monoisotopic (exact) mass is 468 g/mol. The van der Waals surface area contributed by atoms with Gasteiger partial charge in [-0.05, 0) is 48.0 Å². The Balaban J connectivity index is 1.30. The van der Waals surface area contributed by atoms with Crippen LogP contribution in [0.5, 0.6) is 5.75 Å². The van der Waals surface area contributed by atoms with Crippen LogP contribution >= 0.6 is 0 Å². The number of ether oxygens (including phenoxy) is 2. The maximum atomic E-state index is 12.8. The first kappa shape index (κ1) is 22.0. The molecule has 0 radical (unpaired) electrons. The van der Waals surface area contributed by atoms with Crippen LogP contribution in [0.1, 0.15) is 27.6 Å². The Morgan fingerprint density at radius 3 is 2.57 bits per heavy atom. The molecule has 0 bridgehead atoms. The summed E-state index contributed by atoms with van der Waals surface area (Å²) >= 11 is 0. The molecule has 9 heteroatoms. The first-order chi connectivity index (χ1) is 17.1. The standard InChI is InChI=1S/C26H20N4O5/c1-33-18-12-10-16(11-13-18)25-29-23(30-35-25)15-34-26(32)19-7-3-2-6-17(19)14-22-27-21-9-5-4-8-20(21)24(31)28-22/h2-13H,14-15H2,1H3,(H,27,28,31). The van der Waals surface area contributed by atoms with Crippen LogP contribution in [0.2, 0.25) is 0 Å². The average molecular weight is 468 g/mol. The number of H-pyrrole nitrogens is 1. The van der Waals surface area contributed by atoms with E-state index >= 15 is 0 Å². The number of fused-ring (bicyclic) bond motifs is 1. The van der Waals surface area contributed by atoms with Gasteiger partial charge in [0.2, 0.25) is 5.82 Å². The van der Waals surface area contributed by atoms with Crippen molar-refractivity contribution in [3.05, 3.63) is 106 Å². The van der Waals surface area contributed by atoms with Gasteiger partial charge in [-0.1, -0.05) is 35.5 Å². The Kier molecular flexibility index (Phi) is 6.04. The first-order valence-electron chi connectivity index (χ1n) is 10.8. The largest absolute Gasteiger partial charge is 0.497 e. The number of hydrogen-bond acceptors (Lipinski definition) is 8. The number of carbonyl (C=O) groups is 1. The molecule has 0 aliphatic heterocycles. The molecule has 0 spiro atoms. The SMILES string of the molecule is COc1ccc(-c2nc(COC(=O)c3ccccc3Cc3nc4ccccc4c(=O)[nH]3)no2)cc1. The van der Waals surface area contributed by atoms with Gasteiger partial charge in [-0.2, -0.15) is 4.98 Å². The molecule has 2 heterocycles. The van der Waals surface area contributed by atoms with Gasteiger partial charge in [0, 0.05) is 12.0 Å². The van der Waals surface area contributed by atoms with Gasteiger partial charge < -0.3 is 19.0 Å². The average Bonchev–Trinajstić information content (AvgIpc) is 3.37. The maximum absolute atomic E-state index is 12.8. The molecule has 0 saturated heterocycles. The summed E-state index contributed by atoms with van der Waals surface area (Å²) in [6.07, 6.45) is 0.259. The van der Waals surface area contributed by atoms with Crippen molar-refractivity contribution in [2.75, 3.05) is 7.11 Å². The molecular formula is C26H20N4O5. The third kappa shape index (κ3) is 4.79. The third-order valence-corrected chi connectivity index (χ3v) is 5.39. The van der Waals surface area contributed by atoms with Crippen LogP contribution in [-0.4, -0.2) is 33.2 Å². The highest BCUT2D eigenvalue weighted by molar-refractivity contribution is 5.91. The number of para-hydroxylation sites is 1. The molecule has 3 aromatic carbocycles. The van der Waals surface area contributed by atoms with Crippen LogP contribution in [0, 0.1) is 0 Å². The quantitative estimate of drug-likeness (QED) is 0.357. The van der Waals surface area contributed by atoms with Crippen LogP contribution in [0.4, 0.5) is 0 Å². The van der Waals surface area contributed by atoms with E-state index in [2.05, 4.69) is 20.1 Å². The molecule has 35 heavy (non-hydrogen) atoms. The van der Waals surface area contributed by atoms with Gasteiger partial charge in [0.25, 0.3) is 11.4 Å². The van der Waals surface area contributed by atoms with Gasteiger partial charge in [0.1, 0.15) is 11.6 Å². The number of esters is 1.